The van der Waals surface area contributed by atoms with E-state index in [2.05, 4.69) is 22.8 Å². The minimum absolute atomic E-state index is 0.118. The number of nitro groups is 1. The van der Waals surface area contributed by atoms with Gasteiger partial charge in [-0.15, -0.1) is 0 Å². The number of non-ortho nitro benzene ring substituents is 1. The first-order valence-electron chi connectivity index (χ1n) is 8.07. The van der Waals surface area contributed by atoms with Crippen molar-refractivity contribution in [2.75, 3.05) is 10.6 Å². The Morgan fingerprint density at radius 3 is 2.68 bits per heavy atom. The molecule has 0 bridgehead atoms. The van der Waals surface area contributed by atoms with Gasteiger partial charge in [-0.2, -0.15) is 0 Å². The molecule has 0 radical (unpaired) electrons. The third-order valence-electron chi connectivity index (χ3n) is 4.30. The molecule has 0 spiro atoms. The van der Waals surface area contributed by atoms with Crippen LogP contribution < -0.4 is 10.6 Å². The van der Waals surface area contributed by atoms with Gasteiger partial charge in [-0.3, -0.25) is 14.9 Å². The predicted molar refractivity (Wildman–Crippen MR) is 98.3 cm³/mol. The minimum atomic E-state index is -0.532. The molecule has 6 nitrogen and oxygen atoms in total. The molecule has 1 aliphatic carbocycles. The van der Waals surface area contributed by atoms with Crippen LogP contribution in [0.2, 0.25) is 5.02 Å². The third kappa shape index (κ3) is 3.91. The van der Waals surface area contributed by atoms with Crippen LogP contribution in [0.5, 0.6) is 0 Å². The molecule has 0 aromatic heterocycles. The molecule has 7 heteroatoms. The molecule has 2 N–H and O–H groups in total. The van der Waals surface area contributed by atoms with Crippen LogP contribution >= 0.6 is 11.6 Å². The second-order valence-electron chi connectivity index (χ2n) is 6.11. The highest BCUT2D eigenvalue weighted by Gasteiger charge is 2.17. The van der Waals surface area contributed by atoms with Gasteiger partial charge in [-0.05, 0) is 55.5 Å². The zero-order valence-electron chi connectivity index (χ0n) is 13.7. The number of anilines is 2. The van der Waals surface area contributed by atoms with E-state index < -0.39 is 11.0 Å². The fourth-order valence-electron chi connectivity index (χ4n) is 2.94. The average molecular weight is 360 g/mol. The van der Waals surface area contributed by atoms with E-state index in [1.165, 1.54) is 35.7 Å². The van der Waals surface area contributed by atoms with Gasteiger partial charge in [0.05, 0.1) is 15.6 Å². The number of fused-ring (bicyclic) bond motifs is 1. The van der Waals surface area contributed by atoms with Gasteiger partial charge in [0, 0.05) is 17.8 Å². The molecule has 3 rings (SSSR count). The quantitative estimate of drug-likeness (QED) is 0.619. The molecule has 1 aliphatic rings. The van der Waals surface area contributed by atoms with Gasteiger partial charge in [0.25, 0.3) is 5.69 Å². The van der Waals surface area contributed by atoms with Crippen LogP contribution in [0.3, 0.4) is 0 Å². The molecule has 130 valence electrons. The van der Waals surface area contributed by atoms with Crippen molar-refractivity contribution in [2.24, 2.45) is 0 Å². The molecular formula is C18H18ClN3O3. The summed E-state index contributed by atoms with van der Waals surface area (Å²) in [6.07, 6.45) is 3.36. The Bertz CT molecular complexity index is 838. The normalized spacial score (nSPS) is 13.8. The van der Waals surface area contributed by atoms with Crippen LogP contribution in [-0.2, 0) is 17.6 Å². The Labute approximate surface area is 150 Å². The Hall–Kier alpha value is -2.60. The fourth-order valence-corrected chi connectivity index (χ4v) is 3.16. The number of rotatable bonds is 5. The minimum Gasteiger partial charge on any atom is -0.374 e. The maximum atomic E-state index is 12.4. The smallest absolute Gasteiger partial charge is 0.271 e. The van der Waals surface area contributed by atoms with Crippen molar-refractivity contribution in [3.8, 4) is 0 Å². The molecule has 1 atom stereocenters. The van der Waals surface area contributed by atoms with Gasteiger partial charge in [-0.25, -0.2) is 0 Å². The van der Waals surface area contributed by atoms with Crippen LogP contribution in [0.15, 0.2) is 36.4 Å². The summed E-state index contributed by atoms with van der Waals surface area (Å²) in [5.41, 5.74) is 3.83. The van der Waals surface area contributed by atoms with E-state index in [0.717, 1.165) is 18.5 Å². The van der Waals surface area contributed by atoms with E-state index in [1.807, 2.05) is 6.07 Å². The van der Waals surface area contributed by atoms with Crippen molar-refractivity contribution >= 4 is 34.6 Å². The highest BCUT2D eigenvalue weighted by Crippen LogP contribution is 2.27. The van der Waals surface area contributed by atoms with Gasteiger partial charge >= 0.3 is 0 Å². The molecule has 25 heavy (non-hydrogen) atoms. The standard InChI is InChI=1S/C18H18ClN3O3/c1-11(20-14-6-5-12-3-2-4-13(12)9-14)18(23)21-17-8-7-15(22(24)25)10-16(17)19/h5-11,20H,2-4H2,1H3,(H,21,23)/t11-/m0/s1. The van der Waals surface area contributed by atoms with Gasteiger partial charge < -0.3 is 10.6 Å². The van der Waals surface area contributed by atoms with Crippen molar-refractivity contribution in [2.45, 2.75) is 32.2 Å². The van der Waals surface area contributed by atoms with Crippen molar-refractivity contribution in [3.63, 3.8) is 0 Å². The van der Waals surface area contributed by atoms with Gasteiger partial charge in [0.15, 0.2) is 0 Å². The van der Waals surface area contributed by atoms with Crippen LogP contribution in [0.4, 0.5) is 17.1 Å². The molecule has 0 fully saturated rings. The zero-order chi connectivity index (χ0) is 18.0. The topological polar surface area (TPSA) is 84.3 Å². The molecule has 0 saturated carbocycles. The molecule has 1 amide bonds. The number of nitro benzene ring substituents is 1. The van der Waals surface area contributed by atoms with Crippen molar-refractivity contribution in [1.82, 2.24) is 0 Å². The number of hydrogen-bond donors (Lipinski definition) is 2. The molecule has 2 aromatic rings. The number of hydrogen-bond acceptors (Lipinski definition) is 4. The maximum Gasteiger partial charge on any atom is 0.271 e. The summed E-state index contributed by atoms with van der Waals surface area (Å²) < 4.78 is 0. The van der Waals surface area contributed by atoms with E-state index in [4.69, 9.17) is 11.6 Å². The second-order valence-corrected chi connectivity index (χ2v) is 6.52. The number of halogens is 1. The molecule has 0 unspecified atom stereocenters. The van der Waals surface area contributed by atoms with Crippen LogP contribution in [0.25, 0.3) is 0 Å². The number of carbonyl (C=O) groups is 1. The summed E-state index contributed by atoms with van der Waals surface area (Å²) in [6, 6.07) is 9.64. The van der Waals surface area contributed by atoms with E-state index >= 15 is 0 Å². The molecule has 0 aliphatic heterocycles. The highest BCUT2D eigenvalue weighted by atomic mass is 35.5. The van der Waals surface area contributed by atoms with Crippen LogP contribution in [0, 0.1) is 10.1 Å². The molecule has 0 saturated heterocycles. The van der Waals surface area contributed by atoms with E-state index in [0.29, 0.717) is 5.69 Å². The Kier molecular flexibility index (Phi) is 4.90. The number of amides is 1. The van der Waals surface area contributed by atoms with Crippen molar-refractivity contribution in [1.29, 1.82) is 0 Å². The lowest BCUT2D eigenvalue weighted by molar-refractivity contribution is -0.384. The summed E-state index contributed by atoms with van der Waals surface area (Å²) in [7, 11) is 0. The van der Waals surface area contributed by atoms with Gasteiger partial charge in [0.2, 0.25) is 5.91 Å². The van der Waals surface area contributed by atoms with Crippen molar-refractivity contribution in [3.05, 3.63) is 62.7 Å². The van der Waals surface area contributed by atoms with Gasteiger partial charge in [-0.1, -0.05) is 17.7 Å². The summed E-state index contributed by atoms with van der Waals surface area (Å²) >= 11 is 6.01. The Morgan fingerprint density at radius 1 is 1.20 bits per heavy atom. The first-order valence-corrected chi connectivity index (χ1v) is 8.45. The monoisotopic (exact) mass is 359 g/mol. The number of carbonyl (C=O) groups excluding carboxylic acids is 1. The first kappa shape index (κ1) is 17.2. The molecular weight excluding hydrogens is 342 g/mol. The third-order valence-corrected chi connectivity index (χ3v) is 4.61. The number of nitrogens with zero attached hydrogens (tertiary/aromatic N) is 1. The summed E-state index contributed by atoms with van der Waals surface area (Å²) in [5.74, 6) is -0.267. The lowest BCUT2D eigenvalue weighted by Gasteiger charge is -2.16. The van der Waals surface area contributed by atoms with E-state index in [-0.39, 0.29) is 16.6 Å². The fraction of sp³-hybridized carbons (Fsp3) is 0.278. The lowest BCUT2D eigenvalue weighted by Crippen LogP contribution is -2.32. The summed E-state index contributed by atoms with van der Waals surface area (Å²) in [5, 5.41) is 16.7. The average Bonchev–Trinajstić information content (AvgIpc) is 3.04. The number of aryl methyl sites for hydroxylation is 2. The molecule has 0 heterocycles. The Morgan fingerprint density at radius 2 is 1.96 bits per heavy atom. The summed E-state index contributed by atoms with van der Waals surface area (Å²) in [6.45, 7) is 1.75. The highest BCUT2D eigenvalue weighted by molar-refractivity contribution is 6.34. The number of benzene rings is 2. The Balaban J connectivity index is 1.65. The predicted octanol–water partition coefficient (Wildman–Crippen LogP) is 4.18. The van der Waals surface area contributed by atoms with E-state index in [1.54, 1.807) is 6.92 Å². The lowest BCUT2D eigenvalue weighted by atomic mass is 10.1. The van der Waals surface area contributed by atoms with Gasteiger partial charge in [0.1, 0.15) is 6.04 Å². The van der Waals surface area contributed by atoms with Crippen molar-refractivity contribution < 1.29 is 9.72 Å². The first-order chi connectivity index (χ1) is 11.9. The largest absolute Gasteiger partial charge is 0.374 e. The second kappa shape index (κ2) is 7.11. The van der Waals surface area contributed by atoms with Crippen LogP contribution in [-0.4, -0.2) is 16.9 Å². The SMILES string of the molecule is C[C@H](Nc1ccc2c(c1)CCC2)C(=O)Nc1ccc([N+](=O)[O-])cc1Cl. The zero-order valence-corrected chi connectivity index (χ0v) is 14.5. The summed E-state index contributed by atoms with van der Waals surface area (Å²) in [4.78, 5) is 22.6. The van der Waals surface area contributed by atoms with Crippen LogP contribution in [0.1, 0.15) is 24.5 Å². The van der Waals surface area contributed by atoms with E-state index in [9.17, 15) is 14.9 Å². The maximum absolute atomic E-state index is 12.4. The molecule has 2 aromatic carbocycles. The number of nitrogens with one attached hydrogen (secondary N) is 2.